The van der Waals surface area contributed by atoms with E-state index in [1.807, 2.05) is 0 Å². The van der Waals surface area contributed by atoms with Crippen LogP contribution in [-0.2, 0) is 14.0 Å². The van der Waals surface area contributed by atoms with Gasteiger partial charge in [0.25, 0.3) is 0 Å². The van der Waals surface area contributed by atoms with Crippen LogP contribution in [0.5, 0.6) is 0 Å². The van der Waals surface area contributed by atoms with Crippen LogP contribution in [0.25, 0.3) is 0 Å². The number of rotatable bonds is 4. The molecule has 2 rings (SSSR count). The maximum Gasteiger partial charge on any atom is 0.309 e. The van der Waals surface area contributed by atoms with Crippen molar-refractivity contribution in [2.75, 3.05) is 7.11 Å². The molecule has 1 aliphatic carbocycles. The van der Waals surface area contributed by atoms with Crippen LogP contribution in [0.2, 0.25) is 19.6 Å². The van der Waals surface area contributed by atoms with E-state index in [0.717, 1.165) is 18.4 Å². The first-order valence-electron chi connectivity index (χ1n) is 7.33. The van der Waals surface area contributed by atoms with E-state index in [2.05, 4.69) is 19.6 Å². The molecule has 3 nitrogen and oxygen atoms in total. The van der Waals surface area contributed by atoms with E-state index in [-0.39, 0.29) is 29.7 Å². The maximum absolute atomic E-state index is 13.1. The molecule has 0 aliphatic heterocycles. The van der Waals surface area contributed by atoms with Crippen molar-refractivity contribution in [2.45, 2.75) is 44.5 Å². The van der Waals surface area contributed by atoms with E-state index in [1.54, 1.807) is 12.1 Å². The molecule has 21 heavy (non-hydrogen) atoms. The molecule has 0 N–H and O–H groups in total. The normalized spacial score (nSPS) is 25.9. The van der Waals surface area contributed by atoms with Gasteiger partial charge in [0.15, 0.2) is 8.32 Å². The predicted octanol–water partition coefficient (Wildman–Crippen LogP) is 3.71. The third-order valence-corrected chi connectivity index (χ3v) is 4.87. The topological polar surface area (TPSA) is 35.5 Å². The van der Waals surface area contributed by atoms with E-state index in [4.69, 9.17) is 9.16 Å². The molecule has 1 aromatic carbocycles. The van der Waals surface area contributed by atoms with Gasteiger partial charge in [-0.05, 0) is 50.2 Å². The van der Waals surface area contributed by atoms with Crippen molar-refractivity contribution in [3.8, 4) is 0 Å². The summed E-state index contributed by atoms with van der Waals surface area (Å²) in [5, 5.41) is 0. The van der Waals surface area contributed by atoms with Gasteiger partial charge in [-0.25, -0.2) is 4.39 Å². The first-order valence-corrected chi connectivity index (χ1v) is 10.7. The Hall–Kier alpha value is -1.20. The Balaban J connectivity index is 2.30. The Morgan fingerprint density at radius 2 is 1.81 bits per heavy atom. The largest absolute Gasteiger partial charge is 0.469 e. The second-order valence-corrected chi connectivity index (χ2v) is 11.0. The van der Waals surface area contributed by atoms with E-state index in [0.29, 0.717) is 0 Å². The van der Waals surface area contributed by atoms with E-state index >= 15 is 0 Å². The molecule has 0 heterocycles. The lowest BCUT2D eigenvalue weighted by Crippen LogP contribution is -2.35. The van der Waals surface area contributed by atoms with E-state index in [1.165, 1.54) is 19.2 Å². The Morgan fingerprint density at radius 1 is 1.19 bits per heavy atom. The molecule has 0 saturated heterocycles. The number of carbonyl (C=O) groups is 1. The van der Waals surface area contributed by atoms with Crippen LogP contribution in [0.4, 0.5) is 4.39 Å². The van der Waals surface area contributed by atoms with Gasteiger partial charge in [-0.1, -0.05) is 12.1 Å². The summed E-state index contributed by atoms with van der Waals surface area (Å²) >= 11 is 0. The van der Waals surface area contributed by atoms with Crippen molar-refractivity contribution in [1.29, 1.82) is 0 Å². The minimum absolute atomic E-state index is 0.00577. The number of halogens is 1. The van der Waals surface area contributed by atoms with Gasteiger partial charge >= 0.3 is 5.97 Å². The zero-order valence-corrected chi connectivity index (χ0v) is 14.1. The van der Waals surface area contributed by atoms with Gasteiger partial charge < -0.3 is 9.16 Å². The first-order chi connectivity index (χ1) is 9.81. The highest BCUT2D eigenvalue weighted by molar-refractivity contribution is 6.69. The fraction of sp³-hybridized carbons (Fsp3) is 0.562. The molecule has 0 bridgehead atoms. The summed E-state index contributed by atoms with van der Waals surface area (Å²) in [5.41, 5.74) is 0.951. The molecule has 0 radical (unpaired) electrons. The molecule has 1 fully saturated rings. The van der Waals surface area contributed by atoms with Crippen molar-refractivity contribution >= 4 is 14.3 Å². The smallest absolute Gasteiger partial charge is 0.309 e. The molecule has 0 aromatic heterocycles. The Morgan fingerprint density at radius 3 is 2.33 bits per heavy atom. The Labute approximate surface area is 126 Å². The summed E-state index contributed by atoms with van der Waals surface area (Å²) in [5.74, 6) is -0.730. The van der Waals surface area contributed by atoms with Gasteiger partial charge in [-0.2, -0.15) is 0 Å². The molecular formula is C16H23FO3Si. The zero-order valence-electron chi connectivity index (χ0n) is 13.1. The second-order valence-electron chi connectivity index (χ2n) is 6.55. The van der Waals surface area contributed by atoms with Crippen molar-refractivity contribution in [1.82, 2.24) is 0 Å². The summed E-state index contributed by atoms with van der Waals surface area (Å²) in [7, 11) is -0.295. The summed E-state index contributed by atoms with van der Waals surface area (Å²) in [4.78, 5) is 12.0. The number of methoxy groups -OCH3 is 1. The Kier molecular flexibility index (Phi) is 4.83. The summed E-state index contributed by atoms with van der Waals surface area (Å²) in [6.45, 7) is 6.42. The van der Waals surface area contributed by atoms with E-state index in [9.17, 15) is 9.18 Å². The fourth-order valence-corrected chi connectivity index (χ4v) is 4.27. The number of esters is 1. The molecule has 1 aliphatic rings. The molecule has 0 spiro atoms. The molecule has 1 saturated carbocycles. The predicted molar refractivity (Wildman–Crippen MR) is 82.1 cm³/mol. The highest BCUT2D eigenvalue weighted by atomic mass is 28.4. The van der Waals surface area contributed by atoms with Gasteiger partial charge in [0.2, 0.25) is 0 Å². The van der Waals surface area contributed by atoms with Gasteiger partial charge in [-0.3, -0.25) is 4.79 Å². The lowest BCUT2D eigenvalue weighted by molar-refractivity contribution is -0.146. The standard InChI is InChI=1S/C16H23FO3Si/c1-19-16(18)13-9-10-14(20-21(2,3)4)15(13)11-5-7-12(17)8-6-11/h5-8,13-15H,9-10H2,1-4H3/t13-,14+,15+/m1/s1. The third-order valence-electron chi connectivity index (χ3n) is 3.86. The molecule has 0 amide bonds. The first kappa shape index (κ1) is 16.2. The Bertz CT molecular complexity index is 495. The maximum atomic E-state index is 13.1. The van der Waals surface area contributed by atoms with Crippen molar-refractivity contribution in [3.63, 3.8) is 0 Å². The number of carbonyl (C=O) groups excluding carboxylic acids is 1. The number of hydrogen-bond acceptors (Lipinski definition) is 3. The van der Waals surface area contributed by atoms with Crippen LogP contribution in [0.3, 0.4) is 0 Å². The van der Waals surface area contributed by atoms with Crippen LogP contribution in [0.1, 0.15) is 24.3 Å². The van der Waals surface area contributed by atoms with Crippen LogP contribution in [0, 0.1) is 11.7 Å². The quantitative estimate of drug-likeness (QED) is 0.628. The average Bonchev–Trinajstić information content (AvgIpc) is 2.80. The number of hydrogen-bond donors (Lipinski definition) is 0. The lowest BCUT2D eigenvalue weighted by Gasteiger charge is -2.30. The summed E-state index contributed by atoms with van der Waals surface area (Å²) in [6, 6.07) is 6.38. The molecule has 5 heteroatoms. The van der Waals surface area contributed by atoms with Crippen LogP contribution in [-0.4, -0.2) is 27.5 Å². The second kappa shape index (κ2) is 6.28. The summed E-state index contributed by atoms with van der Waals surface area (Å²) < 4.78 is 24.3. The minimum Gasteiger partial charge on any atom is -0.469 e. The highest BCUT2D eigenvalue weighted by Crippen LogP contribution is 2.43. The van der Waals surface area contributed by atoms with Crippen LogP contribution in [0.15, 0.2) is 24.3 Å². The monoisotopic (exact) mass is 310 g/mol. The van der Waals surface area contributed by atoms with Crippen molar-refractivity contribution in [3.05, 3.63) is 35.6 Å². The van der Waals surface area contributed by atoms with Crippen molar-refractivity contribution in [2.24, 2.45) is 5.92 Å². The van der Waals surface area contributed by atoms with Gasteiger partial charge in [0.05, 0.1) is 19.1 Å². The molecular weight excluding hydrogens is 287 g/mol. The zero-order chi connectivity index (χ0) is 15.6. The molecule has 1 aromatic rings. The summed E-state index contributed by atoms with van der Waals surface area (Å²) in [6.07, 6.45) is 1.60. The average molecular weight is 310 g/mol. The van der Waals surface area contributed by atoms with Crippen LogP contribution >= 0.6 is 0 Å². The van der Waals surface area contributed by atoms with E-state index < -0.39 is 8.32 Å². The molecule has 3 atom stereocenters. The van der Waals surface area contributed by atoms with Crippen molar-refractivity contribution < 1.29 is 18.3 Å². The molecule has 116 valence electrons. The fourth-order valence-electron chi connectivity index (χ4n) is 3.10. The van der Waals surface area contributed by atoms with Crippen LogP contribution < -0.4 is 0 Å². The number of ether oxygens (including phenoxy) is 1. The van der Waals surface area contributed by atoms with Gasteiger partial charge in [0.1, 0.15) is 5.82 Å². The number of benzene rings is 1. The third kappa shape index (κ3) is 3.92. The lowest BCUT2D eigenvalue weighted by atomic mass is 9.87. The molecule has 0 unspecified atom stereocenters. The minimum atomic E-state index is -1.71. The highest BCUT2D eigenvalue weighted by Gasteiger charge is 2.43. The van der Waals surface area contributed by atoms with Gasteiger partial charge in [0, 0.05) is 5.92 Å². The SMILES string of the molecule is COC(=O)[C@@H]1CC[C@H](O[Si](C)(C)C)[C@H]1c1ccc(F)cc1. The van der Waals surface area contributed by atoms with Gasteiger partial charge in [-0.15, -0.1) is 0 Å².